The van der Waals surface area contributed by atoms with Gasteiger partial charge >= 0.3 is 0 Å². The molecule has 2 aromatic carbocycles. The van der Waals surface area contributed by atoms with Crippen LogP contribution in [0.2, 0.25) is 0 Å². The molecule has 0 unspecified atom stereocenters. The summed E-state index contributed by atoms with van der Waals surface area (Å²) in [6, 6.07) is 13.5. The number of hydrogen-bond acceptors (Lipinski definition) is 3. The van der Waals surface area contributed by atoms with Gasteiger partial charge in [-0.2, -0.15) is 0 Å². The number of amides is 1. The second kappa shape index (κ2) is 5.54. The van der Waals surface area contributed by atoms with E-state index in [0.717, 1.165) is 22.3 Å². The zero-order valence-corrected chi connectivity index (χ0v) is 13.8. The number of fused-ring (bicyclic) bond motifs is 1. The molecular weight excluding hydrogens is 288 g/mol. The van der Waals surface area contributed by atoms with Crippen LogP contribution in [-0.2, 0) is 4.79 Å². The van der Waals surface area contributed by atoms with Gasteiger partial charge in [0, 0.05) is 16.7 Å². The first-order valence-electron chi connectivity index (χ1n) is 7.62. The fourth-order valence-corrected chi connectivity index (χ4v) is 2.23. The summed E-state index contributed by atoms with van der Waals surface area (Å²) in [5.41, 5.74) is 3.82. The molecule has 1 N–H and O–H groups in total. The number of aromatic nitrogens is 1. The third-order valence-corrected chi connectivity index (χ3v) is 3.59. The van der Waals surface area contributed by atoms with Gasteiger partial charge in [-0.05, 0) is 37.3 Å². The minimum absolute atomic E-state index is 0.0285. The van der Waals surface area contributed by atoms with Gasteiger partial charge < -0.3 is 9.73 Å². The summed E-state index contributed by atoms with van der Waals surface area (Å²) in [4.78, 5) is 16.6. The number of carbonyl (C=O) groups is 1. The van der Waals surface area contributed by atoms with Crippen LogP contribution in [0.5, 0.6) is 0 Å². The fourth-order valence-electron chi connectivity index (χ4n) is 2.23. The van der Waals surface area contributed by atoms with Crippen LogP contribution in [0.4, 0.5) is 5.69 Å². The first-order chi connectivity index (χ1) is 10.8. The maximum Gasteiger partial charge on any atom is 0.229 e. The van der Waals surface area contributed by atoms with Crippen LogP contribution in [0, 0.1) is 12.3 Å². The number of carbonyl (C=O) groups excluding carboxylic acids is 1. The summed E-state index contributed by atoms with van der Waals surface area (Å²) in [7, 11) is 0. The molecular formula is C19H20N2O2. The molecule has 0 radical (unpaired) electrons. The van der Waals surface area contributed by atoms with Crippen LogP contribution in [0.25, 0.3) is 22.6 Å². The van der Waals surface area contributed by atoms with Gasteiger partial charge in [-0.1, -0.05) is 38.5 Å². The summed E-state index contributed by atoms with van der Waals surface area (Å²) in [6.45, 7) is 7.68. The Morgan fingerprint density at radius 2 is 1.91 bits per heavy atom. The Morgan fingerprint density at radius 1 is 1.13 bits per heavy atom. The Morgan fingerprint density at radius 3 is 2.61 bits per heavy atom. The van der Waals surface area contributed by atoms with E-state index >= 15 is 0 Å². The first kappa shape index (κ1) is 15.3. The minimum atomic E-state index is -0.439. The molecule has 0 fully saturated rings. The van der Waals surface area contributed by atoms with Gasteiger partial charge in [-0.15, -0.1) is 0 Å². The highest BCUT2D eigenvalue weighted by molar-refractivity contribution is 5.96. The van der Waals surface area contributed by atoms with Crippen molar-refractivity contribution in [3.8, 4) is 11.5 Å². The molecule has 3 rings (SSSR count). The first-order valence-corrected chi connectivity index (χ1v) is 7.62. The Bertz CT molecular complexity index is 872. The summed E-state index contributed by atoms with van der Waals surface area (Å²) in [5, 5.41) is 2.91. The smallest absolute Gasteiger partial charge is 0.229 e. The molecule has 1 heterocycles. The molecule has 0 atom stereocenters. The van der Waals surface area contributed by atoms with Crippen LogP contribution in [0.15, 0.2) is 46.9 Å². The van der Waals surface area contributed by atoms with Crippen molar-refractivity contribution >= 4 is 22.7 Å². The third kappa shape index (κ3) is 3.26. The van der Waals surface area contributed by atoms with Crippen molar-refractivity contribution in [3.05, 3.63) is 48.0 Å². The highest BCUT2D eigenvalue weighted by atomic mass is 16.3. The molecule has 4 heteroatoms. The number of nitrogens with one attached hydrogen (secondary N) is 1. The average Bonchev–Trinajstić information content (AvgIpc) is 2.89. The second-order valence-electron chi connectivity index (χ2n) is 6.78. The maximum atomic E-state index is 12.1. The van der Waals surface area contributed by atoms with Crippen LogP contribution in [0.3, 0.4) is 0 Å². The predicted octanol–water partition coefficient (Wildman–Crippen LogP) is 4.79. The van der Waals surface area contributed by atoms with Gasteiger partial charge in [0.05, 0.1) is 0 Å². The number of rotatable bonds is 2. The predicted molar refractivity (Wildman–Crippen MR) is 92.3 cm³/mol. The Kier molecular flexibility index (Phi) is 3.68. The molecule has 1 amide bonds. The van der Waals surface area contributed by atoms with Crippen LogP contribution in [0.1, 0.15) is 26.3 Å². The highest BCUT2D eigenvalue weighted by Crippen LogP contribution is 2.27. The van der Waals surface area contributed by atoms with Gasteiger partial charge in [0.25, 0.3) is 0 Å². The molecule has 3 aromatic rings. The summed E-state index contributed by atoms with van der Waals surface area (Å²) in [6.07, 6.45) is 0. The SMILES string of the molecule is Cc1cccc(-c2nc3cc(NC(=O)C(C)(C)C)ccc3o2)c1. The van der Waals surface area contributed by atoms with Crippen molar-refractivity contribution in [1.82, 2.24) is 4.98 Å². The minimum Gasteiger partial charge on any atom is -0.436 e. The zero-order valence-electron chi connectivity index (χ0n) is 13.8. The monoisotopic (exact) mass is 308 g/mol. The fraction of sp³-hybridized carbons (Fsp3) is 0.263. The van der Waals surface area contributed by atoms with E-state index in [0.29, 0.717) is 11.5 Å². The molecule has 23 heavy (non-hydrogen) atoms. The normalized spacial score (nSPS) is 11.7. The number of benzene rings is 2. The maximum absolute atomic E-state index is 12.1. The average molecular weight is 308 g/mol. The molecule has 0 aliphatic heterocycles. The molecule has 0 saturated carbocycles. The number of aryl methyl sites for hydroxylation is 1. The number of hydrogen-bond donors (Lipinski definition) is 1. The van der Waals surface area contributed by atoms with E-state index < -0.39 is 5.41 Å². The second-order valence-corrected chi connectivity index (χ2v) is 6.78. The lowest BCUT2D eigenvalue weighted by atomic mass is 9.95. The summed E-state index contributed by atoms with van der Waals surface area (Å²) in [5.74, 6) is 0.558. The van der Waals surface area contributed by atoms with Gasteiger partial charge in [0.15, 0.2) is 5.58 Å². The van der Waals surface area contributed by atoms with E-state index in [1.54, 1.807) is 0 Å². The van der Waals surface area contributed by atoms with Crippen molar-refractivity contribution in [1.29, 1.82) is 0 Å². The molecule has 0 aliphatic rings. The van der Waals surface area contributed by atoms with Crippen molar-refractivity contribution in [2.45, 2.75) is 27.7 Å². The Hall–Kier alpha value is -2.62. The Labute approximate surface area is 135 Å². The van der Waals surface area contributed by atoms with E-state index in [9.17, 15) is 4.79 Å². The number of nitrogens with zero attached hydrogens (tertiary/aromatic N) is 1. The van der Waals surface area contributed by atoms with E-state index in [2.05, 4.69) is 10.3 Å². The molecule has 1 aromatic heterocycles. The molecule has 0 aliphatic carbocycles. The molecule has 0 spiro atoms. The quantitative estimate of drug-likeness (QED) is 0.740. The lowest BCUT2D eigenvalue weighted by molar-refractivity contribution is -0.123. The van der Waals surface area contributed by atoms with Gasteiger partial charge in [0.2, 0.25) is 11.8 Å². The lowest BCUT2D eigenvalue weighted by Crippen LogP contribution is -2.27. The molecule has 4 nitrogen and oxygen atoms in total. The zero-order chi connectivity index (χ0) is 16.6. The highest BCUT2D eigenvalue weighted by Gasteiger charge is 2.21. The van der Waals surface area contributed by atoms with Crippen molar-refractivity contribution in [3.63, 3.8) is 0 Å². The van der Waals surface area contributed by atoms with Gasteiger partial charge in [-0.25, -0.2) is 4.98 Å². The van der Waals surface area contributed by atoms with Crippen LogP contribution in [-0.4, -0.2) is 10.9 Å². The lowest BCUT2D eigenvalue weighted by Gasteiger charge is -2.17. The van der Waals surface area contributed by atoms with Crippen molar-refractivity contribution < 1.29 is 9.21 Å². The van der Waals surface area contributed by atoms with Crippen LogP contribution < -0.4 is 5.32 Å². The number of oxazole rings is 1. The van der Waals surface area contributed by atoms with Crippen molar-refractivity contribution in [2.24, 2.45) is 5.41 Å². The summed E-state index contributed by atoms with van der Waals surface area (Å²) < 4.78 is 5.81. The van der Waals surface area contributed by atoms with E-state index in [1.165, 1.54) is 0 Å². The molecule has 0 bridgehead atoms. The standard InChI is InChI=1S/C19H20N2O2/c1-12-6-5-7-13(10-12)17-21-15-11-14(8-9-16(15)23-17)20-18(22)19(2,3)4/h5-11H,1-4H3,(H,20,22). The van der Waals surface area contributed by atoms with Crippen molar-refractivity contribution in [2.75, 3.05) is 5.32 Å². The van der Waals surface area contributed by atoms with Gasteiger partial charge in [0.1, 0.15) is 5.52 Å². The largest absolute Gasteiger partial charge is 0.436 e. The summed E-state index contributed by atoms with van der Waals surface area (Å²) >= 11 is 0. The van der Waals surface area contributed by atoms with E-state index in [1.807, 2.05) is 70.2 Å². The van der Waals surface area contributed by atoms with Crippen LogP contribution >= 0.6 is 0 Å². The number of anilines is 1. The van der Waals surface area contributed by atoms with Gasteiger partial charge in [-0.3, -0.25) is 4.79 Å². The molecule has 0 saturated heterocycles. The Balaban J connectivity index is 1.94. The topological polar surface area (TPSA) is 55.1 Å². The van der Waals surface area contributed by atoms with E-state index in [4.69, 9.17) is 4.42 Å². The van der Waals surface area contributed by atoms with E-state index in [-0.39, 0.29) is 5.91 Å². The third-order valence-electron chi connectivity index (χ3n) is 3.59. The molecule has 118 valence electrons.